The first-order valence-corrected chi connectivity index (χ1v) is 8.05. The summed E-state index contributed by atoms with van der Waals surface area (Å²) in [5.41, 5.74) is 1.00. The molecule has 0 saturated carbocycles. The minimum atomic E-state index is -3.63. The van der Waals surface area contributed by atoms with Gasteiger partial charge in [0, 0.05) is 7.11 Å². The molecule has 1 atom stereocenters. The topological polar surface area (TPSA) is 68.5 Å². The molecule has 114 valence electrons. The Labute approximate surface area is 125 Å². The zero-order valence-corrected chi connectivity index (χ0v) is 13.1. The second-order valence-corrected chi connectivity index (χ2v) is 6.60. The van der Waals surface area contributed by atoms with Gasteiger partial charge in [-0.3, -0.25) is 0 Å². The molecule has 0 unspecified atom stereocenters. The second-order valence-electron chi connectivity index (χ2n) is 4.89. The van der Waals surface area contributed by atoms with Crippen LogP contribution in [-0.4, -0.2) is 22.1 Å². The summed E-state index contributed by atoms with van der Waals surface area (Å²) in [5.74, 6) is 1.26. The molecule has 1 aromatic carbocycles. The highest BCUT2D eigenvalue weighted by Crippen LogP contribution is 2.20. The zero-order valence-electron chi connectivity index (χ0n) is 12.3. The Morgan fingerprint density at radius 3 is 2.33 bits per heavy atom. The number of nitrogens with one attached hydrogen (secondary N) is 1. The number of sulfonamides is 1. The molecule has 0 radical (unpaired) electrons. The number of benzene rings is 1. The van der Waals surface area contributed by atoms with Crippen LogP contribution in [0.25, 0.3) is 0 Å². The van der Waals surface area contributed by atoms with Crippen molar-refractivity contribution in [1.29, 1.82) is 0 Å². The molecule has 6 heteroatoms. The number of methoxy groups -OCH3 is 1. The molecule has 0 aliphatic heterocycles. The summed E-state index contributed by atoms with van der Waals surface area (Å²) in [6.07, 6.45) is 0. The van der Waals surface area contributed by atoms with Crippen LogP contribution >= 0.6 is 0 Å². The molecule has 0 spiro atoms. The van der Waals surface area contributed by atoms with Gasteiger partial charge in [-0.2, -0.15) is 4.72 Å². The van der Waals surface area contributed by atoms with Crippen molar-refractivity contribution in [3.63, 3.8) is 0 Å². The summed E-state index contributed by atoms with van der Waals surface area (Å²) >= 11 is 0. The van der Waals surface area contributed by atoms with E-state index in [9.17, 15) is 8.42 Å². The standard InChI is InChI=1S/C15H19NO4S/c1-11-4-7-13(8-5-11)21(17,18)16-14(10-19-3)15-9-6-12(2)20-15/h4-9,14,16H,10H2,1-3H3/t14-/m0/s1. The maximum atomic E-state index is 12.4. The number of rotatable bonds is 6. The Morgan fingerprint density at radius 2 is 1.81 bits per heavy atom. The molecule has 1 aromatic heterocycles. The molecule has 0 aliphatic rings. The third-order valence-electron chi connectivity index (χ3n) is 3.07. The van der Waals surface area contributed by atoms with Crippen LogP contribution < -0.4 is 4.72 Å². The molecule has 0 saturated heterocycles. The highest BCUT2D eigenvalue weighted by molar-refractivity contribution is 7.89. The molecule has 5 nitrogen and oxygen atoms in total. The third-order valence-corrected chi connectivity index (χ3v) is 4.55. The van der Waals surface area contributed by atoms with E-state index in [1.807, 2.05) is 13.8 Å². The molecular formula is C15H19NO4S. The van der Waals surface area contributed by atoms with E-state index in [0.717, 1.165) is 11.3 Å². The summed E-state index contributed by atoms with van der Waals surface area (Å²) in [5, 5.41) is 0. The van der Waals surface area contributed by atoms with E-state index in [-0.39, 0.29) is 11.5 Å². The molecule has 0 bridgehead atoms. The monoisotopic (exact) mass is 309 g/mol. The van der Waals surface area contributed by atoms with Crippen LogP contribution in [0.1, 0.15) is 23.1 Å². The van der Waals surface area contributed by atoms with Crippen molar-refractivity contribution in [2.75, 3.05) is 13.7 Å². The molecule has 0 amide bonds. The molecular weight excluding hydrogens is 290 g/mol. The van der Waals surface area contributed by atoms with Crippen LogP contribution in [0.15, 0.2) is 45.7 Å². The fourth-order valence-corrected chi connectivity index (χ4v) is 3.14. The summed E-state index contributed by atoms with van der Waals surface area (Å²) < 4.78 is 38.0. The fourth-order valence-electron chi connectivity index (χ4n) is 1.95. The lowest BCUT2D eigenvalue weighted by Gasteiger charge is -2.16. The van der Waals surface area contributed by atoms with Gasteiger partial charge in [-0.15, -0.1) is 0 Å². The average molecular weight is 309 g/mol. The zero-order chi connectivity index (χ0) is 15.5. The van der Waals surface area contributed by atoms with Crippen molar-refractivity contribution in [3.8, 4) is 0 Å². The summed E-state index contributed by atoms with van der Waals surface area (Å²) in [6.45, 7) is 3.91. The maximum Gasteiger partial charge on any atom is 0.241 e. The van der Waals surface area contributed by atoms with Crippen molar-refractivity contribution in [3.05, 3.63) is 53.5 Å². The smallest absolute Gasteiger partial charge is 0.241 e. The van der Waals surface area contributed by atoms with Crippen LogP contribution in [0.2, 0.25) is 0 Å². The molecule has 0 aliphatic carbocycles. The van der Waals surface area contributed by atoms with Crippen LogP contribution in [-0.2, 0) is 14.8 Å². The molecule has 2 rings (SSSR count). The Morgan fingerprint density at radius 1 is 1.14 bits per heavy atom. The predicted octanol–water partition coefficient (Wildman–Crippen LogP) is 2.56. The lowest BCUT2D eigenvalue weighted by atomic mass is 10.2. The van der Waals surface area contributed by atoms with Crippen LogP contribution in [0.5, 0.6) is 0 Å². The van der Waals surface area contributed by atoms with Gasteiger partial charge in [-0.25, -0.2) is 8.42 Å². The SMILES string of the molecule is COC[C@H](NS(=O)(=O)c1ccc(C)cc1)c1ccc(C)o1. The number of ether oxygens (including phenoxy) is 1. The van der Waals surface area contributed by atoms with Gasteiger partial charge >= 0.3 is 0 Å². The number of hydrogen-bond acceptors (Lipinski definition) is 4. The maximum absolute atomic E-state index is 12.4. The Balaban J connectivity index is 2.25. The van der Waals surface area contributed by atoms with Crippen molar-refractivity contribution in [2.45, 2.75) is 24.8 Å². The largest absolute Gasteiger partial charge is 0.465 e. The van der Waals surface area contributed by atoms with E-state index in [2.05, 4.69) is 4.72 Å². The fraction of sp³-hybridized carbons (Fsp3) is 0.333. The van der Waals surface area contributed by atoms with E-state index in [0.29, 0.717) is 5.76 Å². The Hall–Kier alpha value is -1.63. The lowest BCUT2D eigenvalue weighted by Crippen LogP contribution is -2.31. The van der Waals surface area contributed by atoms with E-state index >= 15 is 0 Å². The first-order chi connectivity index (χ1) is 9.92. The first kappa shape index (κ1) is 15.8. The molecule has 1 heterocycles. The van der Waals surface area contributed by atoms with Crippen LogP contribution in [0, 0.1) is 13.8 Å². The average Bonchev–Trinajstić information content (AvgIpc) is 2.85. The second kappa shape index (κ2) is 6.43. The van der Waals surface area contributed by atoms with E-state index in [4.69, 9.17) is 9.15 Å². The summed E-state index contributed by atoms with van der Waals surface area (Å²) in [7, 11) is -2.11. The number of furan rings is 1. The molecule has 21 heavy (non-hydrogen) atoms. The normalized spacial score (nSPS) is 13.3. The van der Waals surface area contributed by atoms with Crippen molar-refractivity contribution >= 4 is 10.0 Å². The highest BCUT2D eigenvalue weighted by atomic mass is 32.2. The van der Waals surface area contributed by atoms with Crippen LogP contribution in [0.4, 0.5) is 0 Å². The van der Waals surface area contributed by atoms with Crippen molar-refractivity contribution < 1.29 is 17.6 Å². The highest BCUT2D eigenvalue weighted by Gasteiger charge is 2.23. The van der Waals surface area contributed by atoms with Gasteiger partial charge in [-0.05, 0) is 38.1 Å². The van der Waals surface area contributed by atoms with E-state index in [1.54, 1.807) is 36.4 Å². The minimum absolute atomic E-state index is 0.193. The molecule has 0 fully saturated rings. The number of hydrogen-bond donors (Lipinski definition) is 1. The molecule has 2 aromatic rings. The lowest BCUT2D eigenvalue weighted by molar-refractivity contribution is 0.166. The molecule has 1 N–H and O–H groups in total. The van der Waals surface area contributed by atoms with Crippen LogP contribution in [0.3, 0.4) is 0 Å². The number of aryl methyl sites for hydroxylation is 2. The van der Waals surface area contributed by atoms with Gasteiger partial charge in [0.05, 0.1) is 11.5 Å². The van der Waals surface area contributed by atoms with Gasteiger partial charge in [0.1, 0.15) is 17.6 Å². The Kier molecular flexibility index (Phi) is 4.82. The van der Waals surface area contributed by atoms with E-state index in [1.165, 1.54) is 7.11 Å². The van der Waals surface area contributed by atoms with E-state index < -0.39 is 16.1 Å². The summed E-state index contributed by atoms with van der Waals surface area (Å²) in [6, 6.07) is 9.65. The van der Waals surface area contributed by atoms with Gasteiger partial charge in [-0.1, -0.05) is 17.7 Å². The predicted molar refractivity (Wildman–Crippen MR) is 79.6 cm³/mol. The third kappa shape index (κ3) is 3.93. The van der Waals surface area contributed by atoms with Crippen molar-refractivity contribution in [1.82, 2.24) is 4.72 Å². The van der Waals surface area contributed by atoms with Crippen molar-refractivity contribution in [2.24, 2.45) is 0 Å². The minimum Gasteiger partial charge on any atom is -0.465 e. The van der Waals surface area contributed by atoms with Gasteiger partial charge in [0.25, 0.3) is 0 Å². The Bertz CT molecular complexity index is 689. The summed E-state index contributed by atoms with van der Waals surface area (Å²) in [4.78, 5) is 0.220. The van der Waals surface area contributed by atoms with Gasteiger partial charge in [0.2, 0.25) is 10.0 Å². The quantitative estimate of drug-likeness (QED) is 0.890. The van der Waals surface area contributed by atoms with Gasteiger partial charge in [0.15, 0.2) is 0 Å². The first-order valence-electron chi connectivity index (χ1n) is 6.56. The van der Waals surface area contributed by atoms with Gasteiger partial charge < -0.3 is 9.15 Å².